The van der Waals surface area contributed by atoms with E-state index in [1.165, 1.54) is 15.6 Å². The summed E-state index contributed by atoms with van der Waals surface area (Å²) < 4.78 is 1.32. The highest BCUT2D eigenvalue weighted by atomic mass is 32.1. The Hall–Kier alpha value is -2.12. The summed E-state index contributed by atoms with van der Waals surface area (Å²) in [6.45, 7) is 5.40. The number of carbonyl (C=O) groups excluding carboxylic acids is 1. The molecule has 1 aromatic carbocycles. The Morgan fingerprint density at radius 2 is 1.96 bits per heavy atom. The zero-order chi connectivity index (χ0) is 19.2. The van der Waals surface area contributed by atoms with Crippen molar-refractivity contribution in [3.63, 3.8) is 0 Å². The maximum absolute atomic E-state index is 11.8. The molecule has 2 aromatic rings. The Kier molecular flexibility index (Phi) is 6.68. The van der Waals surface area contributed by atoms with Crippen molar-refractivity contribution in [3.8, 4) is 0 Å². The molecular formula is C20H29N5OS. The predicted octanol–water partition coefficient (Wildman–Crippen LogP) is 2.07. The molecule has 1 aliphatic rings. The summed E-state index contributed by atoms with van der Waals surface area (Å²) in [4.78, 5) is 22.6. The number of hydrogen-bond donors (Lipinski definition) is 1. The zero-order valence-electron chi connectivity index (χ0n) is 16.4. The summed E-state index contributed by atoms with van der Waals surface area (Å²) in [5.41, 5.74) is 1.32. The molecule has 1 fully saturated rings. The highest BCUT2D eigenvalue weighted by Crippen LogP contribution is 2.25. The molecule has 0 aliphatic carbocycles. The summed E-state index contributed by atoms with van der Waals surface area (Å²) in [6.07, 6.45) is 0.588. The molecule has 0 bridgehead atoms. The maximum atomic E-state index is 11.8. The van der Waals surface area contributed by atoms with Crippen molar-refractivity contribution in [2.24, 2.45) is 4.99 Å². The van der Waals surface area contributed by atoms with Crippen molar-refractivity contribution in [3.05, 3.63) is 35.2 Å². The third kappa shape index (κ3) is 4.99. The van der Waals surface area contributed by atoms with E-state index in [-0.39, 0.29) is 5.91 Å². The Morgan fingerprint density at radius 3 is 2.67 bits per heavy atom. The number of aliphatic imine (C=N–C) groups is 1. The van der Waals surface area contributed by atoms with E-state index < -0.39 is 0 Å². The minimum Gasteiger partial charge on any atom is -0.352 e. The van der Waals surface area contributed by atoms with Crippen LogP contribution in [0.3, 0.4) is 0 Å². The molecule has 0 radical (unpaired) electrons. The Morgan fingerprint density at radius 1 is 1.22 bits per heavy atom. The average Bonchev–Trinajstić information content (AvgIpc) is 3.10. The van der Waals surface area contributed by atoms with Gasteiger partial charge in [-0.05, 0) is 22.4 Å². The van der Waals surface area contributed by atoms with E-state index in [1.54, 1.807) is 16.2 Å². The van der Waals surface area contributed by atoms with Crippen molar-refractivity contribution in [1.82, 2.24) is 20.0 Å². The lowest BCUT2D eigenvalue weighted by Gasteiger charge is -2.36. The normalized spacial score (nSPS) is 16.0. The molecule has 2 heterocycles. The van der Waals surface area contributed by atoms with Gasteiger partial charge < -0.3 is 15.1 Å². The van der Waals surface area contributed by atoms with Crippen molar-refractivity contribution in [2.75, 3.05) is 53.9 Å². The van der Waals surface area contributed by atoms with Crippen molar-refractivity contribution in [2.45, 2.75) is 13.0 Å². The highest BCUT2D eigenvalue weighted by molar-refractivity contribution is 7.17. The summed E-state index contributed by atoms with van der Waals surface area (Å²) in [6, 6.07) is 8.52. The lowest BCUT2D eigenvalue weighted by atomic mass is 10.2. The predicted molar refractivity (Wildman–Crippen MR) is 113 cm³/mol. The van der Waals surface area contributed by atoms with Gasteiger partial charge in [-0.3, -0.25) is 14.7 Å². The Bertz CT molecular complexity index is 793. The number of benzene rings is 1. The number of rotatable bonds is 5. The topological polar surface area (TPSA) is 51.2 Å². The van der Waals surface area contributed by atoms with Crippen molar-refractivity contribution >= 4 is 33.3 Å². The number of guanidine groups is 1. The third-order valence-electron chi connectivity index (χ3n) is 5.02. The van der Waals surface area contributed by atoms with E-state index in [1.807, 2.05) is 21.1 Å². The van der Waals surface area contributed by atoms with E-state index >= 15 is 0 Å². The standard InChI is InChI=1S/C20H29N5OS/c1-21-20(22-14-16-15-27-18-7-5-4-6-17(16)18)25-12-10-24(11-13-25)9-8-19(26)23(2)3/h4-7,15H,8-14H2,1-3H3,(H,21,22). The van der Waals surface area contributed by atoms with Crippen LogP contribution in [0.1, 0.15) is 12.0 Å². The minimum atomic E-state index is 0.192. The SMILES string of the molecule is CN=C(NCc1csc2ccccc12)N1CCN(CCC(=O)N(C)C)CC1. The molecule has 1 aliphatic heterocycles. The van der Waals surface area contributed by atoms with E-state index in [2.05, 4.69) is 49.8 Å². The zero-order valence-corrected chi connectivity index (χ0v) is 17.3. The van der Waals surface area contributed by atoms with E-state index in [4.69, 9.17) is 0 Å². The number of amides is 1. The molecule has 1 amide bonds. The molecule has 0 unspecified atom stereocenters. The fourth-order valence-corrected chi connectivity index (χ4v) is 4.30. The van der Waals surface area contributed by atoms with Crippen LogP contribution < -0.4 is 5.32 Å². The monoisotopic (exact) mass is 387 g/mol. The Balaban J connectivity index is 1.48. The molecule has 0 spiro atoms. The van der Waals surface area contributed by atoms with Gasteiger partial charge in [-0.25, -0.2) is 0 Å². The van der Waals surface area contributed by atoms with Crippen LogP contribution in [0.2, 0.25) is 0 Å². The first-order valence-corrected chi connectivity index (χ1v) is 10.3. The summed E-state index contributed by atoms with van der Waals surface area (Å²) >= 11 is 1.79. The van der Waals surface area contributed by atoms with Crippen LogP contribution in [0.15, 0.2) is 34.6 Å². The largest absolute Gasteiger partial charge is 0.352 e. The Labute approximate surface area is 165 Å². The number of fused-ring (bicyclic) bond motifs is 1. The second-order valence-electron chi connectivity index (χ2n) is 7.02. The van der Waals surface area contributed by atoms with Crippen LogP contribution in [-0.2, 0) is 11.3 Å². The fraction of sp³-hybridized carbons (Fsp3) is 0.500. The quantitative estimate of drug-likeness (QED) is 0.630. The fourth-order valence-electron chi connectivity index (χ4n) is 3.34. The van der Waals surface area contributed by atoms with Gasteiger partial charge in [0.05, 0.1) is 0 Å². The van der Waals surface area contributed by atoms with Crippen molar-refractivity contribution < 1.29 is 4.79 Å². The average molecular weight is 388 g/mol. The van der Waals surface area contributed by atoms with Gasteiger partial charge in [0.1, 0.15) is 0 Å². The van der Waals surface area contributed by atoms with Crippen LogP contribution >= 0.6 is 11.3 Å². The minimum absolute atomic E-state index is 0.192. The summed E-state index contributed by atoms with van der Waals surface area (Å²) in [7, 11) is 5.47. The third-order valence-corrected chi connectivity index (χ3v) is 6.03. The van der Waals surface area contributed by atoms with Gasteiger partial charge in [0.2, 0.25) is 5.91 Å². The number of piperazine rings is 1. The molecule has 1 aromatic heterocycles. The second kappa shape index (κ2) is 9.19. The van der Waals surface area contributed by atoms with Gasteiger partial charge in [-0.15, -0.1) is 11.3 Å². The summed E-state index contributed by atoms with van der Waals surface area (Å²) in [5, 5.41) is 7.06. The number of carbonyl (C=O) groups is 1. The molecule has 1 N–H and O–H groups in total. The lowest BCUT2D eigenvalue weighted by Crippen LogP contribution is -2.52. The van der Waals surface area contributed by atoms with Crippen LogP contribution in [0.5, 0.6) is 0 Å². The number of thiophene rings is 1. The van der Waals surface area contributed by atoms with E-state index in [9.17, 15) is 4.79 Å². The summed E-state index contributed by atoms with van der Waals surface area (Å²) in [5.74, 6) is 1.15. The molecule has 7 heteroatoms. The van der Waals surface area contributed by atoms with Crippen LogP contribution in [0.25, 0.3) is 10.1 Å². The number of nitrogens with one attached hydrogen (secondary N) is 1. The van der Waals surface area contributed by atoms with Gasteiger partial charge in [0.25, 0.3) is 0 Å². The highest BCUT2D eigenvalue weighted by Gasteiger charge is 2.20. The molecule has 6 nitrogen and oxygen atoms in total. The smallest absolute Gasteiger partial charge is 0.223 e. The molecule has 0 atom stereocenters. The van der Waals surface area contributed by atoms with Crippen LogP contribution in [-0.4, -0.2) is 80.4 Å². The van der Waals surface area contributed by atoms with Crippen LogP contribution in [0.4, 0.5) is 0 Å². The van der Waals surface area contributed by atoms with Gasteiger partial charge in [-0.2, -0.15) is 0 Å². The van der Waals surface area contributed by atoms with Gasteiger partial charge >= 0.3 is 0 Å². The number of nitrogens with zero attached hydrogens (tertiary/aromatic N) is 4. The molecule has 0 saturated carbocycles. The second-order valence-corrected chi connectivity index (χ2v) is 7.94. The van der Waals surface area contributed by atoms with Crippen LogP contribution in [0, 0.1) is 0 Å². The number of hydrogen-bond acceptors (Lipinski definition) is 4. The molecule has 146 valence electrons. The van der Waals surface area contributed by atoms with Gasteiger partial charge in [-0.1, -0.05) is 18.2 Å². The van der Waals surface area contributed by atoms with Crippen molar-refractivity contribution in [1.29, 1.82) is 0 Å². The first kappa shape index (κ1) is 19.6. The molecule has 27 heavy (non-hydrogen) atoms. The van der Waals surface area contributed by atoms with E-state index in [0.717, 1.165) is 45.2 Å². The first-order valence-electron chi connectivity index (χ1n) is 9.41. The molecule has 3 rings (SSSR count). The van der Waals surface area contributed by atoms with Gasteiger partial charge in [0, 0.05) is 71.5 Å². The lowest BCUT2D eigenvalue weighted by molar-refractivity contribution is -0.129. The first-order chi connectivity index (χ1) is 13.1. The molecular weight excluding hydrogens is 358 g/mol. The van der Waals surface area contributed by atoms with E-state index in [0.29, 0.717) is 6.42 Å². The molecule has 1 saturated heterocycles. The maximum Gasteiger partial charge on any atom is 0.223 e. The van der Waals surface area contributed by atoms with Gasteiger partial charge in [0.15, 0.2) is 5.96 Å².